The lowest BCUT2D eigenvalue weighted by Gasteiger charge is -2.30. The summed E-state index contributed by atoms with van der Waals surface area (Å²) < 4.78 is 10.6. The molecule has 0 amide bonds. The monoisotopic (exact) mass is 182 g/mol. The number of Topliss-reactive ketones (excluding diaryl/α,β-unsaturated/α-hetero) is 1. The van der Waals surface area contributed by atoms with E-state index in [2.05, 4.69) is 0 Å². The van der Waals surface area contributed by atoms with Gasteiger partial charge in [0.15, 0.2) is 12.6 Å². The Morgan fingerprint density at radius 3 is 2.85 bits per heavy atom. The summed E-state index contributed by atoms with van der Waals surface area (Å²) in [6.45, 7) is 6.02. The van der Waals surface area contributed by atoms with Crippen LogP contribution in [0.2, 0.25) is 0 Å². The Morgan fingerprint density at radius 2 is 2.15 bits per heavy atom. The van der Waals surface area contributed by atoms with Crippen molar-refractivity contribution in [1.82, 2.24) is 0 Å². The van der Waals surface area contributed by atoms with Crippen LogP contribution in [0, 0.1) is 5.41 Å². The summed E-state index contributed by atoms with van der Waals surface area (Å²) in [5, 5.41) is 0. The van der Waals surface area contributed by atoms with Gasteiger partial charge in [-0.05, 0) is 13.3 Å². The number of hydrogen-bond acceptors (Lipinski definition) is 3. The summed E-state index contributed by atoms with van der Waals surface area (Å²) in [6.07, 6.45) is 0.742. The number of rotatable bonds is 0. The summed E-state index contributed by atoms with van der Waals surface area (Å²) in [7, 11) is 0. The zero-order valence-electron chi connectivity index (χ0n) is 8.22. The summed E-state index contributed by atoms with van der Waals surface area (Å²) >= 11 is 0. The molecule has 3 heteroatoms. The Bertz CT molecular complexity index is 289. The highest BCUT2D eigenvalue weighted by atomic mass is 16.7. The van der Waals surface area contributed by atoms with Crippen molar-refractivity contribution < 1.29 is 14.3 Å². The van der Waals surface area contributed by atoms with Crippen LogP contribution in [0.3, 0.4) is 0 Å². The normalized spacial score (nSPS) is 31.6. The average Bonchev–Trinajstić information content (AvgIpc) is 2.47. The highest BCUT2D eigenvalue weighted by molar-refractivity contribution is 6.00. The molecule has 0 aromatic rings. The molecule has 0 spiro atoms. The van der Waals surface area contributed by atoms with Gasteiger partial charge in [0.05, 0.1) is 0 Å². The number of allylic oxidation sites excluding steroid dienone is 1. The first-order valence-corrected chi connectivity index (χ1v) is 4.52. The molecule has 2 aliphatic rings. The summed E-state index contributed by atoms with van der Waals surface area (Å²) in [5.74, 6) is 0.938. The molecule has 1 atom stereocenters. The lowest BCUT2D eigenvalue weighted by molar-refractivity contribution is -0.125. The topological polar surface area (TPSA) is 35.5 Å². The van der Waals surface area contributed by atoms with Crippen LogP contribution in [0.4, 0.5) is 0 Å². The predicted octanol–water partition coefficient (Wildman–Crippen LogP) is 1.63. The molecule has 1 fully saturated rings. The highest BCUT2D eigenvalue weighted by Gasteiger charge is 2.43. The van der Waals surface area contributed by atoms with Gasteiger partial charge in [0.25, 0.3) is 0 Å². The molecule has 72 valence electrons. The maximum atomic E-state index is 11.8. The molecule has 13 heavy (non-hydrogen) atoms. The Hall–Kier alpha value is -0.830. The van der Waals surface area contributed by atoms with E-state index >= 15 is 0 Å². The lowest BCUT2D eigenvalue weighted by atomic mass is 9.74. The van der Waals surface area contributed by atoms with Crippen LogP contribution >= 0.6 is 0 Å². The molecule has 2 rings (SSSR count). The molecule has 0 radical (unpaired) electrons. The predicted molar refractivity (Wildman–Crippen MR) is 46.9 cm³/mol. The fourth-order valence-electron chi connectivity index (χ4n) is 2.03. The highest BCUT2D eigenvalue weighted by Crippen LogP contribution is 2.39. The number of ether oxygens (including phenoxy) is 2. The molecule has 0 bridgehead atoms. The van der Waals surface area contributed by atoms with Crippen LogP contribution < -0.4 is 0 Å². The molecule has 1 unspecified atom stereocenters. The Balaban J connectivity index is 2.42. The third-order valence-corrected chi connectivity index (χ3v) is 2.80. The third-order valence-electron chi connectivity index (χ3n) is 2.80. The SMILES string of the molecule is CC1=C2OCOC2CC(C)(C)C1=O. The van der Waals surface area contributed by atoms with Crippen molar-refractivity contribution in [2.75, 3.05) is 6.79 Å². The maximum Gasteiger partial charge on any atom is 0.189 e. The second kappa shape index (κ2) is 2.58. The van der Waals surface area contributed by atoms with Gasteiger partial charge >= 0.3 is 0 Å². The summed E-state index contributed by atoms with van der Waals surface area (Å²) in [6, 6.07) is 0. The minimum Gasteiger partial charge on any atom is -0.469 e. The van der Waals surface area contributed by atoms with Crippen molar-refractivity contribution in [3.8, 4) is 0 Å². The zero-order chi connectivity index (χ0) is 9.64. The van der Waals surface area contributed by atoms with E-state index in [9.17, 15) is 4.79 Å². The van der Waals surface area contributed by atoms with Gasteiger partial charge in [0, 0.05) is 11.0 Å². The number of hydrogen-bond donors (Lipinski definition) is 0. The fraction of sp³-hybridized carbons (Fsp3) is 0.700. The van der Waals surface area contributed by atoms with Gasteiger partial charge < -0.3 is 9.47 Å². The number of ketones is 1. The van der Waals surface area contributed by atoms with E-state index in [1.54, 1.807) is 0 Å². The van der Waals surface area contributed by atoms with Crippen LogP contribution in [0.1, 0.15) is 27.2 Å². The largest absolute Gasteiger partial charge is 0.469 e. The molecule has 0 N–H and O–H groups in total. The third kappa shape index (κ3) is 1.18. The van der Waals surface area contributed by atoms with Gasteiger partial charge in [0.2, 0.25) is 0 Å². The van der Waals surface area contributed by atoms with Crippen LogP contribution in [0.5, 0.6) is 0 Å². The second-order valence-corrected chi connectivity index (χ2v) is 4.32. The number of carbonyl (C=O) groups is 1. The molecule has 0 aromatic heterocycles. The Labute approximate surface area is 77.7 Å². The van der Waals surface area contributed by atoms with Crippen molar-refractivity contribution in [1.29, 1.82) is 0 Å². The van der Waals surface area contributed by atoms with E-state index < -0.39 is 0 Å². The van der Waals surface area contributed by atoms with E-state index in [0.29, 0.717) is 6.79 Å². The molecule has 1 saturated heterocycles. The lowest BCUT2D eigenvalue weighted by Crippen LogP contribution is -2.35. The van der Waals surface area contributed by atoms with Crippen molar-refractivity contribution >= 4 is 5.78 Å². The number of fused-ring (bicyclic) bond motifs is 1. The van der Waals surface area contributed by atoms with E-state index in [1.807, 2.05) is 20.8 Å². The van der Waals surface area contributed by atoms with E-state index in [0.717, 1.165) is 17.8 Å². The zero-order valence-corrected chi connectivity index (χ0v) is 8.22. The molecule has 1 heterocycles. The molecule has 0 aromatic carbocycles. The van der Waals surface area contributed by atoms with E-state index in [1.165, 1.54) is 0 Å². The minimum absolute atomic E-state index is 0.00713. The summed E-state index contributed by atoms with van der Waals surface area (Å²) in [5.41, 5.74) is 0.435. The first-order valence-electron chi connectivity index (χ1n) is 4.52. The van der Waals surface area contributed by atoms with Crippen molar-refractivity contribution in [2.45, 2.75) is 33.3 Å². The van der Waals surface area contributed by atoms with Crippen molar-refractivity contribution in [3.63, 3.8) is 0 Å². The quantitative estimate of drug-likeness (QED) is 0.571. The van der Waals surface area contributed by atoms with Gasteiger partial charge in [-0.2, -0.15) is 0 Å². The Kier molecular flexibility index (Phi) is 1.74. The van der Waals surface area contributed by atoms with Crippen LogP contribution in [-0.2, 0) is 14.3 Å². The van der Waals surface area contributed by atoms with Crippen LogP contribution in [0.25, 0.3) is 0 Å². The van der Waals surface area contributed by atoms with E-state index in [4.69, 9.17) is 9.47 Å². The molecular formula is C10H14O3. The van der Waals surface area contributed by atoms with Crippen LogP contribution in [-0.4, -0.2) is 18.7 Å². The Morgan fingerprint density at radius 1 is 1.46 bits per heavy atom. The summed E-state index contributed by atoms with van der Waals surface area (Å²) in [4.78, 5) is 11.8. The van der Waals surface area contributed by atoms with Gasteiger partial charge in [-0.25, -0.2) is 0 Å². The standard InChI is InChI=1S/C10H14O3/c1-6-8-7(12-5-13-8)4-10(2,3)9(6)11/h7H,4-5H2,1-3H3. The first-order chi connectivity index (χ1) is 6.02. The fourth-order valence-corrected chi connectivity index (χ4v) is 2.03. The van der Waals surface area contributed by atoms with Crippen molar-refractivity contribution in [3.05, 3.63) is 11.3 Å². The number of carbonyl (C=O) groups excluding carboxylic acids is 1. The maximum absolute atomic E-state index is 11.8. The van der Waals surface area contributed by atoms with Gasteiger partial charge in [-0.1, -0.05) is 13.8 Å². The smallest absolute Gasteiger partial charge is 0.189 e. The molecule has 1 aliphatic carbocycles. The average molecular weight is 182 g/mol. The second-order valence-electron chi connectivity index (χ2n) is 4.32. The molecule has 3 nitrogen and oxygen atoms in total. The van der Waals surface area contributed by atoms with Gasteiger partial charge in [0.1, 0.15) is 11.9 Å². The molecular weight excluding hydrogens is 168 g/mol. The van der Waals surface area contributed by atoms with E-state index in [-0.39, 0.29) is 17.3 Å². The molecule has 0 saturated carbocycles. The van der Waals surface area contributed by atoms with Gasteiger partial charge in [-0.15, -0.1) is 0 Å². The van der Waals surface area contributed by atoms with Gasteiger partial charge in [-0.3, -0.25) is 4.79 Å². The first kappa shape index (κ1) is 8.75. The van der Waals surface area contributed by atoms with Crippen LogP contribution in [0.15, 0.2) is 11.3 Å². The van der Waals surface area contributed by atoms with Crippen molar-refractivity contribution in [2.24, 2.45) is 5.41 Å². The minimum atomic E-state index is -0.300. The molecule has 1 aliphatic heterocycles.